The van der Waals surface area contributed by atoms with Gasteiger partial charge in [-0.3, -0.25) is 4.98 Å². The van der Waals surface area contributed by atoms with Gasteiger partial charge in [-0.15, -0.1) is 0 Å². The summed E-state index contributed by atoms with van der Waals surface area (Å²) in [5.74, 6) is 0.970. The van der Waals surface area contributed by atoms with Crippen LogP contribution in [0.3, 0.4) is 0 Å². The van der Waals surface area contributed by atoms with E-state index in [1.165, 1.54) is 122 Å². The molecule has 6 heteroatoms. The van der Waals surface area contributed by atoms with Crippen molar-refractivity contribution in [1.82, 2.24) is 14.1 Å². The van der Waals surface area contributed by atoms with Crippen molar-refractivity contribution in [1.29, 1.82) is 0 Å². The Balaban J connectivity index is 1.06. The molecule has 3 heterocycles. The molecule has 0 aliphatic heterocycles. The van der Waals surface area contributed by atoms with E-state index in [1.807, 2.05) is 60.9 Å². The number of nitrogens with zero attached hydrogens (tertiary/aromatic N) is 6. The van der Waals surface area contributed by atoms with Crippen molar-refractivity contribution >= 4 is 67.7 Å². The predicted octanol–water partition coefficient (Wildman–Crippen LogP) is 22.5. The smallest absolute Gasteiger partial charge is 0.162 e. The van der Waals surface area contributed by atoms with Crippen molar-refractivity contribution < 1.29 is 0 Å². The third kappa shape index (κ3) is 10.5. The van der Waals surface area contributed by atoms with E-state index in [0.717, 1.165) is 66.5 Å². The summed E-state index contributed by atoms with van der Waals surface area (Å²) in [6.07, 6.45) is 3.93. The Morgan fingerprint density at radius 3 is 1.08 bits per heavy atom. The van der Waals surface area contributed by atoms with Crippen LogP contribution in [0.25, 0.3) is 111 Å². The fourth-order valence-corrected chi connectivity index (χ4v) is 15.2. The first-order valence-corrected chi connectivity index (χ1v) is 31.8. The molecule has 0 radical (unpaired) electrons. The molecule has 0 N–H and O–H groups in total. The molecule has 14 rings (SSSR count). The van der Waals surface area contributed by atoms with Crippen molar-refractivity contribution in [2.24, 2.45) is 15.0 Å². The molecule has 0 unspecified atom stereocenters. The molecule has 0 saturated carbocycles. The van der Waals surface area contributed by atoms with Crippen LogP contribution in [0.1, 0.15) is 77.9 Å². The fourth-order valence-electron chi connectivity index (χ4n) is 15.2. The highest BCUT2D eigenvalue weighted by Crippen LogP contribution is 2.46. The topological polar surface area (TPSA) is 59.8 Å². The van der Waals surface area contributed by atoms with E-state index in [-0.39, 0.29) is 0 Å². The number of pyridine rings is 1. The van der Waals surface area contributed by atoms with Crippen LogP contribution in [-0.4, -0.2) is 32.5 Å². The number of aliphatic imine (C=N–C) groups is 3. The Hall–Kier alpha value is -10.8. The third-order valence-electron chi connectivity index (χ3n) is 18.6. The van der Waals surface area contributed by atoms with Gasteiger partial charge in [0.2, 0.25) is 0 Å². The number of aromatic nitrogens is 3. The second kappa shape index (κ2) is 23.5. The summed E-state index contributed by atoms with van der Waals surface area (Å²) in [4.78, 5) is 20.5. The molecule has 3 aromatic heterocycles. The first-order chi connectivity index (χ1) is 44.5. The third-order valence-corrected chi connectivity index (χ3v) is 18.6. The Kier molecular flexibility index (Phi) is 15.0. The highest BCUT2D eigenvalue weighted by Gasteiger charge is 2.24. The molecular weight excluding hydrogens is 1120 g/mol. The summed E-state index contributed by atoms with van der Waals surface area (Å²) in [6, 6.07) is 75.6. The van der Waals surface area contributed by atoms with Gasteiger partial charge in [-0.1, -0.05) is 156 Å². The SMILES string of the molecule is C=NC(=NC(=Nc1ccc(-n2c3ccc(-c4c(C)cc(C)cc4C)cc3c3cc(-c4c(C)cc(C)cc4C)ccc32)cc1-c1cnccc1-n1c2ccc(-c3c(C)cc(C)cc3C)cc2c2cc(-c3c(C)cc(C)cc3C)ccc21)c1ccccc1)c1ccccc1. The quantitative estimate of drug-likeness (QED) is 0.0994. The van der Waals surface area contributed by atoms with Crippen molar-refractivity contribution in [2.75, 3.05) is 0 Å². The van der Waals surface area contributed by atoms with Gasteiger partial charge in [0.05, 0.1) is 33.4 Å². The predicted molar refractivity (Wildman–Crippen MR) is 392 cm³/mol. The molecule has 0 aliphatic carbocycles. The molecule has 0 saturated heterocycles. The molecule has 0 spiro atoms. The van der Waals surface area contributed by atoms with Crippen LogP contribution < -0.4 is 0 Å². The lowest BCUT2D eigenvalue weighted by molar-refractivity contribution is 1.15. The zero-order valence-corrected chi connectivity index (χ0v) is 54.7. The Bertz CT molecular complexity index is 5090. The maximum absolute atomic E-state index is 5.68. The molecule has 92 heavy (non-hydrogen) atoms. The number of fused-ring (bicyclic) bond motifs is 6. The van der Waals surface area contributed by atoms with Crippen LogP contribution in [-0.2, 0) is 0 Å². The van der Waals surface area contributed by atoms with E-state index in [9.17, 15) is 0 Å². The second-order valence-corrected chi connectivity index (χ2v) is 25.5. The molecule has 0 fully saturated rings. The normalized spacial score (nSPS) is 12.1. The average Bonchev–Trinajstić information content (AvgIpc) is 1.59. The molecule has 6 nitrogen and oxygen atoms in total. The largest absolute Gasteiger partial charge is 0.309 e. The van der Waals surface area contributed by atoms with Crippen LogP contribution >= 0.6 is 0 Å². The minimum absolute atomic E-state index is 0.473. The standard InChI is InChI=1S/C86H74N6/c1-50-36-54(5)81(55(6)37-50)64-24-30-76-70(44-64)71-45-65(82-56(7)38-51(2)39-57(82)8)25-31-77(71)91(76)68-28-29-75(89-86(63-22-18-15-19-23-63)90-85(87-13)62-20-16-14-17-21-62)69(48-68)74-49-88-35-34-80(74)92-78-32-26-66(83-58(9)40-52(3)41-59(83)10)46-72(78)73-47-67(27-33-79(73)92)84-60(11)42-53(4)43-61(84)12/h14-49H,13H2,1-12H3. The molecule has 14 aromatic rings. The minimum atomic E-state index is 0.473. The summed E-state index contributed by atoms with van der Waals surface area (Å²) in [6.45, 7) is 30.6. The number of rotatable bonds is 10. The maximum Gasteiger partial charge on any atom is 0.162 e. The van der Waals surface area contributed by atoms with E-state index >= 15 is 0 Å². The van der Waals surface area contributed by atoms with Gasteiger partial charge >= 0.3 is 0 Å². The first kappa shape index (κ1) is 58.8. The summed E-state index contributed by atoms with van der Waals surface area (Å²) >= 11 is 0. The molecule has 0 amide bonds. The van der Waals surface area contributed by atoms with Crippen molar-refractivity contribution in [3.8, 4) is 67.0 Å². The lowest BCUT2D eigenvalue weighted by atomic mass is 9.91. The van der Waals surface area contributed by atoms with E-state index in [0.29, 0.717) is 17.4 Å². The molecule has 0 atom stereocenters. The number of hydrogen-bond donors (Lipinski definition) is 0. The van der Waals surface area contributed by atoms with Crippen molar-refractivity contribution in [3.63, 3.8) is 0 Å². The molecule has 0 aliphatic rings. The highest BCUT2D eigenvalue weighted by atomic mass is 15.0. The van der Waals surface area contributed by atoms with E-state index in [2.05, 4.69) is 262 Å². The highest BCUT2D eigenvalue weighted by molar-refractivity contribution is 6.16. The molecule has 11 aromatic carbocycles. The second-order valence-electron chi connectivity index (χ2n) is 25.5. The molecule has 0 bridgehead atoms. The average molecular weight is 1190 g/mol. The first-order valence-electron chi connectivity index (χ1n) is 31.8. The summed E-state index contributed by atoms with van der Waals surface area (Å²) in [5, 5.41) is 4.68. The summed E-state index contributed by atoms with van der Waals surface area (Å²) < 4.78 is 4.88. The van der Waals surface area contributed by atoms with E-state index in [1.54, 1.807) is 0 Å². The Morgan fingerprint density at radius 2 is 0.707 bits per heavy atom. The fraction of sp³-hybridized carbons (Fsp3) is 0.140. The number of hydrogen-bond acceptors (Lipinski definition) is 2. The zero-order chi connectivity index (χ0) is 63.8. The maximum atomic E-state index is 5.68. The lowest BCUT2D eigenvalue weighted by Crippen LogP contribution is -2.05. The molecule has 448 valence electrons. The number of aryl methyl sites for hydroxylation is 12. The van der Waals surface area contributed by atoms with Gasteiger partial charge < -0.3 is 9.13 Å². The van der Waals surface area contributed by atoms with Gasteiger partial charge in [0.1, 0.15) is 0 Å². The van der Waals surface area contributed by atoms with Crippen molar-refractivity contribution in [3.05, 3.63) is 297 Å². The van der Waals surface area contributed by atoms with E-state index < -0.39 is 0 Å². The zero-order valence-electron chi connectivity index (χ0n) is 54.7. The molecular formula is C86H74N6. The van der Waals surface area contributed by atoms with Gasteiger partial charge in [0.25, 0.3) is 0 Å². The van der Waals surface area contributed by atoms with Gasteiger partial charge in [-0.25, -0.2) is 15.0 Å². The summed E-state index contributed by atoms with van der Waals surface area (Å²) in [5.41, 5.74) is 35.5. The number of amidine groups is 2. The minimum Gasteiger partial charge on any atom is -0.309 e. The van der Waals surface area contributed by atoms with Crippen LogP contribution in [0, 0.1) is 83.1 Å². The Morgan fingerprint density at radius 1 is 0.348 bits per heavy atom. The monoisotopic (exact) mass is 1190 g/mol. The van der Waals surface area contributed by atoms with Crippen molar-refractivity contribution in [2.45, 2.75) is 83.1 Å². The number of benzene rings is 11. The van der Waals surface area contributed by atoms with Crippen LogP contribution in [0.4, 0.5) is 5.69 Å². The van der Waals surface area contributed by atoms with Crippen LogP contribution in [0.5, 0.6) is 0 Å². The summed E-state index contributed by atoms with van der Waals surface area (Å²) in [7, 11) is 0. The lowest BCUT2D eigenvalue weighted by Gasteiger charge is -2.18. The van der Waals surface area contributed by atoms with Crippen LogP contribution in [0.2, 0.25) is 0 Å². The van der Waals surface area contributed by atoms with Gasteiger partial charge in [-0.2, -0.15) is 0 Å². The van der Waals surface area contributed by atoms with Gasteiger partial charge in [-0.05, 0) is 252 Å². The van der Waals surface area contributed by atoms with Gasteiger partial charge in [0.15, 0.2) is 11.7 Å². The Labute approximate surface area is 540 Å². The van der Waals surface area contributed by atoms with Gasteiger partial charge in [0, 0.05) is 61.9 Å². The van der Waals surface area contributed by atoms with E-state index in [4.69, 9.17) is 15.0 Å². The van der Waals surface area contributed by atoms with Crippen LogP contribution in [0.15, 0.2) is 234 Å².